The zero-order valence-electron chi connectivity index (χ0n) is 14.8. The van der Waals surface area contributed by atoms with Gasteiger partial charge in [0.05, 0.1) is 24.2 Å². The molecule has 1 aliphatic rings. The van der Waals surface area contributed by atoms with Crippen LogP contribution in [0.1, 0.15) is 24.0 Å². The Morgan fingerprint density at radius 3 is 2.35 bits per heavy atom. The first kappa shape index (κ1) is 17.7. The lowest BCUT2D eigenvalue weighted by Crippen LogP contribution is -2.43. The first-order chi connectivity index (χ1) is 12.3. The van der Waals surface area contributed by atoms with Crippen molar-refractivity contribution in [1.29, 1.82) is 0 Å². The summed E-state index contributed by atoms with van der Waals surface area (Å²) in [6.45, 7) is 1.66. The fourth-order valence-electron chi connectivity index (χ4n) is 3.26. The van der Waals surface area contributed by atoms with Crippen LogP contribution < -0.4 is 16.6 Å². The minimum absolute atomic E-state index is 0.229. The minimum atomic E-state index is -0.787. The van der Waals surface area contributed by atoms with Gasteiger partial charge in [0.25, 0.3) is 5.56 Å². The number of aromatic nitrogens is 2. The SMILES string of the molecule is COC(=O)C1=C(C)Nc2c(c(=O)n(C)c(=O)n2C)[C@H]1c1ccc(F)cc1. The summed E-state index contributed by atoms with van der Waals surface area (Å²) >= 11 is 0. The lowest BCUT2D eigenvalue weighted by Gasteiger charge is -2.30. The molecular formula is C18H18FN3O4. The van der Waals surface area contributed by atoms with E-state index in [2.05, 4.69) is 5.32 Å². The number of ether oxygens (including phenoxy) is 1. The van der Waals surface area contributed by atoms with Crippen LogP contribution in [0.4, 0.5) is 10.2 Å². The van der Waals surface area contributed by atoms with E-state index in [0.717, 1.165) is 4.57 Å². The van der Waals surface area contributed by atoms with E-state index in [-0.39, 0.29) is 11.1 Å². The van der Waals surface area contributed by atoms with E-state index in [4.69, 9.17) is 4.74 Å². The Kier molecular flexibility index (Phi) is 4.27. The fourth-order valence-corrected chi connectivity index (χ4v) is 3.26. The molecule has 2 aromatic rings. The monoisotopic (exact) mass is 359 g/mol. The van der Waals surface area contributed by atoms with Crippen molar-refractivity contribution in [1.82, 2.24) is 9.13 Å². The van der Waals surface area contributed by atoms with Crippen LogP contribution in [0, 0.1) is 5.82 Å². The van der Waals surface area contributed by atoms with E-state index >= 15 is 0 Å². The van der Waals surface area contributed by atoms with E-state index in [1.54, 1.807) is 6.92 Å². The number of esters is 1. The van der Waals surface area contributed by atoms with Gasteiger partial charge < -0.3 is 10.1 Å². The second kappa shape index (κ2) is 6.29. The van der Waals surface area contributed by atoms with Gasteiger partial charge in [0.2, 0.25) is 0 Å². The Hall–Kier alpha value is -3.16. The maximum Gasteiger partial charge on any atom is 0.336 e. The molecular weight excluding hydrogens is 341 g/mol. The van der Waals surface area contributed by atoms with E-state index in [1.165, 1.54) is 50.0 Å². The summed E-state index contributed by atoms with van der Waals surface area (Å²) in [4.78, 5) is 37.5. The molecule has 0 bridgehead atoms. The van der Waals surface area contributed by atoms with Crippen molar-refractivity contribution in [2.24, 2.45) is 14.1 Å². The van der Waals surface area contributed by atoms with Gasteiger partial charge in [-0.15, -0.1) is 0 Å². The maximum atomic E-state index is 13.4. The average molecular weight is 359 g/mol. The summed E-state index contributed by atoms with van der Waals surface area (Å²) in [6, 6.07) is 5.53. The maximum absolute atomic E-state index is 13.4. The van der Waals surface area contributed by atoms with Crippen LogP contribution >= 0.6 is 0 Å². The van der Waals surface area contributed by atoms with Crippen molar-refractivity contribution in [3.63, 3.8) is 0 Å². The van der Waals surface area contributed by atoms with Gasteiger partial charge in [0.15, 0.2) is 0 Å². The van der Waals surface area contributed by atoms with Crippen LogP contribution in [0.25, 0.3) is 0 Å². The van der Waals surface area contributed by atoms with E-state index in [1.807, 2.05) is 0 Å². The third-order valence-corrected chi connectivity index (χ3v) is 4.60. The zero-order valence-corrected chi connectivity index (χ0v) is 14.8. The molecule has 0 saturated carbocycles. The first-order valence-electron chi connectivity index (χ1n) is 7.89. The molecule has 0 saturated heterocycles. The van der Waals surface area contributed by atoms with Crippen LogP contribution in [-0.4, -0.2) is 22.2 Å². The van der Waals surface area contributed by atoms with Gasteiger partial charge in [0, 0.05) is 19.8 Å². The number of allylic oxidation sites excluding steroid dienone is 1. The standard InChI is InChI=1S/C18H18FN3O4/c1-9-12(17(24)26-4)13(10-5-7-11(19)8-6-10)14-15(20-9)21(2)18(25)22(3)16(14)23/h5-8,13,20H,1-4H3/t13-/m0/s1. The zero-order chi connectivity index (χ0) is 19.2. The van der Waals surface area contributed by atoms with Crippen LogP contribution in [0.5, 0.6) is 0 Å². The summed E-state index contributed by atoms with van der Waals surface area (Å²) in [5, 5.41) is 2.97. The van der Waals surface area contributed by atoms with Crippen molar-refractivity contribution in [2.45, 2.75) is 12.8 Å². The van der Waals surface area contributed by atoms with Crippen LogP contribution in [0.2, 0.25) is 0 Å². The average Bonchev–Trinajstić information content (AvgIpc) is 2.63. The molecule has 0 spiro atoms. The van der Waals surface area contributed by atoms with Gasteiger partial charge in [-0.05, 0) is 24.6 Å². The van der Waals surface area contributed by atoms with Gasteiger partial charge in [-0.25, -0.2) is 14.0 Å². The lowest BCUT2D eigenvalue weighted by molar-refractivity contribution is -0.136. The number of rotatable bonds is 2. The molecule has 0 unspecified atom stereocenters. The molecule has 0 amide bonds. The number of nitrogens with zero attached hydrogens (tertiary/aromatic N) is 2. The topological polar surface area (TPSA) is 82.3 Å². The van der Waals surface area contributed by atoms with Gasteiger partial charge in [0.1, 0.15) is 11.6 Å². The molecule has 1 aromatic heterocycles. The number of anilines is 1. The molecule has 1 aliphatic heterocycles. The summed E-state index contributed by atoms with van der Waals surface area (Å²) in [5.41, 5.74) is 0.452. The third kappa shape index (κ3) is 2.54. The molecule has 3 rings (SSSR count). The van der Waals surface area contributed by atoms with Gasteiger partial charge >= 0.3 is 11.7 Å². The van der Waals surface area contributed by atoms with Crippen LogP contribution in [-0.2, 0) is 23.6 Å². The first-order valence-corrected chi connectivity index (χ1v) is 7.89. The molecule has 0 radical (unpaired) electrons. The van der Waals surface area contributed by atoms with Gasteiger partial charge in [-0.2, -0.15) is 0 Å². The number of hydrogen-bond donors (Lipinski definition) is 1. The van der Waals surface area contributed by atoms with Crippen molar-refractivity contribution < 1.29 is 13.9 Å². The quantitative estimate of drug-likeness (QED) is 0.816. The Balaban J connectivity index is 2.41. The molecule has 1 atom stereocenters. The third-order valence-electron chi connectivity index (χ3n) is 4.60. The van der Waals surface area contributed by atoms with Crippen LogP contribution in [0.3, 0.4) is 0 Å². The number of carbonyl (C=O) groups is 1. The summed E-state index contributed by atoms with van der Waals surface area (Å²) in [7, 11) is 4.15. The minimum Gasteiger partial charge on any atom is -0.466 e. The van der Waals surface area contributed by atoms with Crippen molar-refractivity contribution in [3.05, 3.63) is 73.3 Å². The normalized spacial score (nSPS) is 16.1. The van der Waals surface area contributed by atoms with Gasteiger partial charge in [-0.1, -0.05) is 12.1 Å². The molecule has 2 heterocycles. The second-order valence-electron chi connectivity index (χ2n) is 6.11. The molecule has 1 N–H and O–H groups in total. The Morgan fingerprint density at radius 2 is 1.77 bits per heavy atom. The highest BCUT2D eigenvalue weighted by Crippen LogP contribution is 2.39. The molecule has 0 aliphatic carbocycles. The lowest BCUT2D eigenvalue weighted by atomic mass is 9.82. The highest BCUT2D eigenvalue weighted by Gasteiger charge is 2.37. The molecule has 0 fully saturated rings. The summed E-state index contributed by atoms with van der Waals surface area (Å²) < 4.78 is 20.6. The Bertz CT molecular complexity index is 1050. The van der Waals surface area contributed by atoms with E-state index < -0.39 is 29.0 Å². The Morgan fingerprint density at radius 1 is 1.15 bits per heavy atom. The van der Waals surface area contributed by atoms with E-state index in [0.29, 0.717) is 17.1 Å². The van der Waals surface area contributed by atoms with Crippen molar-refractivity contribution in [2.75, 3.05) is 12.4 Å². The largest absolute Gasteiger partial charge is 0.466 e. The predicted octanol–water partition coefficient (Wildman–Crippen LogP) is 1.23. The van der Waals surface area contributed by atoms with Crippen LogP contribution in [0.15, 0.2) is 45.1 Å². The number of fused-ring (bicyclic) bond motifs is 1. The highest BCUT2D eigenvalue weighted by atomic mass is 19.1. The molecule has 26 heavy (non-hydrogen) atoms. The smallest absolute Gasteiger partial charge is 0.336 e. The number of benzene rings is 1. The highest BCUT2D eigenvalue weighted by molar-refractivity contribution is 5.94. The molecule has 1 aromatic carbocycles. The molecule has 8 heteroatoms. The second-order valence-corrected chi connectivity index (χ2v) is 6.11. The number of nitrogens with one attached hydrogen (secondary N) is 1. The fraction of sp³-hybridized carbons (Fsp3) is 0.278. The number of halogens is 1. The Labute approximate surface area is 148 Å². The summed E-state index contributed by atoms with van der Waals surface area (Å²) in [6.07, 6.45) is 0. The number of hydrogen-bond acceptors (Lipinski definition) is 5. The molecule has 7 nitrogen and oxygen atoms in total. The predicted molar refractivity (Wildman–Crippen MR) is 93.5 cm³/mol. The summed E-state index contributed by atoms with van der Waals surface area (Å²) in [5.74, 6) is -1.52. The van der Waals surface area contributed by atoms with Crippen molar-refractivity contribution in [3.8, 4) is 0 Å². The number of methoxy groups -OCH3 is 1. The van der Waals surface area contributed by atoms with Crippen molar-refractivity contribution >= 4 is 11.8 Å². The molecule has 136 valence electrons. The number of carbonyl (C=O) groups excluding carboxylic acids is 1. The van der Waals surface area contributed by atoms with E-state index in [9.17, 15) is 18.8 Å². The van der Waals surface area contributed by atoms with Gasteiger partial charge in [-0.3, -0.25) is 13.9 Å².